The second-order valence-corrected chi connectivity index (χ2v) is 17.5. The topological polar surface area (TPSA) is 52.0 Å². The maximum absolute atomic E-state index is 6.14. The molecule has 0 heterocycles. The molecule has 0 bridgehead atoms. The molecule has 0 aliphatic rings. The molecule has 312 valence electrons. The van der Waals surface area contributed by atoms with E-state index in [1.54, 1.807) is 0 Å². The Morgan fingerprint density at radius 2 is 0.561 bits per heavy atom. The van der Waals surface area contributed by atoms with Gasteiger partial charge < -0.3 is 11.5 Å². The number of nitrogen functional groups attached to an aromatic ring is 2. The number of hydrogen-bond donors (Lipinski definition) is 2. The Morgan fingerprint density at radius 3 is 0.895 bits per heavy atom. The summed E-state index contributed by atoms with van der Waals surface area (Å²) < 4.78 is 0. The quantitative estimate of drug-likeness (QED) is 0.0384. The number of hydrogen-bond acceptors (Lipinski definition) is 2. The Kier molecular flexibility index (Phi) is 23.3. The number of aryl methyl sites for hydroxylation is 4. The summed E-state index contributed by atoms with van der Waals surface area (Å²) in [5, 5.41) is 0. The van der Waals surface area contributed by atoms with Gasteiger partial charge in [-0.15, -0.1) is 0 Å². The van der Waals surface area contributed by atoms with Crippen LogP contribution in [0.1, 0.15) is 206 Å². The first-order chi connectivity index (χ1) is 28.0. The van der Waals surface area contributed by atoms with Crippen molar-refractivity contribution in [1.29, 1.82) is 0 Å². The Labute approximate surface area is 351 Å². The van der Waals surface area contributed by atoms with Crippen LogP contribution in [-0.2, 0) is 38.5 Å². The van der Waals surface area contributed by atoms with E-state index < -0.39 is 0 Å². The van der Waals surface area contributed by atoms with Gasteiger partial charge in [0.15, 0.2) is 0 Å². The summed E-state index contributed by atoms with van der Waals surface area (Å²) in [5.74, 6) is 0. The van der Waals surface area contributed by atoms with E-state index in [0.29, 0.717) is 0 Å². The van der Waals surface area contributed by atoms with E-state index in [0.717, 1.165) is 37.1 Å². The predicted octanol–water partition coefficient (Wildman–Crippen LogP) is 15.9. The van der Waals surface area contributed by atoms with Crippen LogP contribution in [-0.4, -0.2) is 0 Å². The van der Waals surface area contributed by atoms with Crippen molar-refractivity contribution in [3.63, 3.8) is 0 Å². The Balaban J connectivity index is 0.936. The summed E-state index contributed by atoms with van der Waals surface area (Å²) in [6, 6.07) is 31.9. The van der Waals surface area contributed by atoms with Crippen molar-refractivity contribution < 1.29 is 0 Å². The molecule has 4 N–H and O–H groups in total. The van der Waals surface area contributed by atoms with Crippen LogP contribution < -0.4 is 11.5 Å². The molecule has 0 radical (unpaired) electrons. The van der Waals surface area contributed by atoms with Gasteiger partial charge in [0.25, 0.3) is 0 Å². The highest BCUT2D eigenvalue weighted by molar-refractivity contribution is 5.47. The Morgan fingerprint density at radius 1 is 0.281 bits per heavy atom. The van der Waals surface area contributed by atoms with Crippen molar-refractivity contribution in [2.24, 2.45) is 0 Å². The number of nitrogens with two attached hydrogens (primary N) is 2. The van der Waals surface area contributed by atoms with E-state index in [2.05, 4.69) is 98.8 Å². The number of unbranched alkanes of at least 4 members (excludes halogenated alkanes) is 20. The molecule has 57 heavy (non-hydrogen) atoms. The van der Waals surface area contributed by atoms with E-state index >= 15 is 0 Å². The molecule has 0 unspecified atom stereocenters. The molecule has 0 atom stereocenters. The lowest BCUT2D eigenvalue weighted by Gasteiger charge is -2.12. The van der Waals surface area contributed by atoms with Gasteiger partial charge in [-0.25, -0.2) is 0 Å². The fourth-order valence-electron chi connectivity index (χ4n) is 8.63. The van der Waals surface area contributed by atoms with Crippen LogP contribution in [0.3, 0.4) is 0 Å². The molecule has 4 rings (SSSR count). The highest BCUT2D eigenvalue weighted by Crippen LogP contribution is 2.23. The molecule has 4 aromatic carbocycles. The second-order valence-electron chi connectivity index (χ2n) is 17.5. The van der Waals surface area contributed by atoms with Gasteiger partial charge in [0.1, 0.15) is 0 Å². The van der Waals surface area contributed by atoms with Crippen molar-refractivity contribution in [2.75, 3.05) is 11.5 Å². The molecule has 0 aromatic heterocycles. The highest BCUT2D eigenvalue weighted by Gasteiger charge is 2.08. The smallest absolute Gasteiger partial charge is 0.0316 e. The van der Waals surface area contributed by atoms with E-state index in [-0.39, 0.29) is 0 Å². The first-order valence-electron chi connectivity index (χ1n) is 23.9. The van der Waals surface area contributed by atoms with Gasteiger partial charge in [0.2, 0.25) is 0 Å². The molecule has 0 aliphatic carbocycles. The average Bonchev–Trinajstić information content (AvgIpc) is 3.22. The zero-order valence-electron chi connectivity index (χ0n) is 36.7. The van der Waals surface area contributed by atoms with Crippen LogP contribution in [0.15, 0.2) is 84.9 Å². The van der Waals surface area contributed by atoms with Crippen LogP contribution >= 0.6 is 0 Å². The zero-order valence-corrected chi connectivity index (χ0v) is 36.7. The van der Waals surface area contributed by atoms with Crippen molar-refractivity contribution in [3.8, 4) is 0 Å². The first kappa shape index (κ1) is 46.2. The van der Waals surface area contributed by atoms with E-state index in [1.165, 1.54) is 205 Å². The highest BCUT2D eigenvalue weighted by atomic mass is 14.5. The van der Waals surface area contributed by atoms with Gasteiger partial charge >= 0.3 is 0 Å². The van der Waals surface area contributed by atoms with Gasteiger partial charge in [-0.05, 0) is 133 Å². The van der Waals surface area contributed by atoms with Gasteiger partial charge in [-0.3, -0.25) is 0 Å². The number of rotatable bonds is 32. The molecule has 2 heteroatoms. The maximum atomic E-state index is 6.14. The molecule has 0 amide bonds. The van der Waals surface area contributed by atoms with Crippen molar-refractivity contribution in [3.05, 3.63) is 129 Å². The van der Waals surface area contributed by atoms with Gasteiger partial charge in [-0.1, -0.05) is 197 Å². The second kappa shape index (κ2) is 28.8. The minimum atomic E-state index is 0.893. The van der Waals surface area contributed by atoms with Gasteiger partial charge in [0, 0.05) is 11.4 Å². The van der Waals surface area contributed by atoms with E-state index in [4.69, 9.17) is 11.5 Å². The predicted molar refractivity (Wildman–Crippen MR) is 253 cm³/mol. The van der Waals surface area contributed by atoms with Crippen molar-refractivity contribution >= 4 is 11.4 Å². The van der Waals surface area contributed by atoms with E-state index in [9.17, 15) is 0 Å². The lowest BCUT2D eigenvalue weighted by Crippen LogP contribution is -1.99. The normalized spacial score (nSPS) is 11.4. The number of anilines is 2. The molecule has 2 nitrogen and oxygen atoms in total. The summed E-state index contributed by atoms with van der Waals surface area (Å²) in [6.07, 6.45) is 38.1. The molecular formula is C55H82N2. The van der Waals surface area contributed by atoms with Gasteiger partial charge in [0.05, 0.1) is 0 Å². The largest absolute Gasteiger partial charge is 0.399 e. The molecular weight excluding hydrogens is 689 g/mol. The molecule has 4 aromatic rings. The maximum Gasteiger partial charge on any atom is 0.0316 e. The summed E-state index contributed by atoms with van der Waals surface area (Å²) in [4.78, 5) is 0. The lowest BCUT2D eigenvalue weighted by molar-refractivity contribution is 0.530. The zero-order chi connectivity index (χ0) is 40.2. The minimum absolute atomic E-state index is 0.893. The van der Waals surface area contributed by atoms with Crippen molar-refractivity contribution in [2.45, 2.75) is 200 Å². The van der Waals surface area contributed by atoms with Crippen LogP contribution in [0.5, 0.6) is 0 Å². The molecule has 0 saturated carbocycles. The third-order valence-electron chi connectivity index (χ3n) is 12.3. The summed E-state index contributed by atoms with van der Waals surface area (Å²) in [6.45, 7) is 4.55. The number of benzene rings is 4. The first-order valence-corrected chi connectivity index (χ1v) is 23.9. The minimum Gasteiger partial charge on any atom is -0.399 e. The van der Waals surface area contributed by atoms with Crippen molar-refractivity contribution in [1.82, 2.24) is 0 Å². The molecule has 0 aliphatic heterocycles. The molecule has 0 fully saturated rings. The third-order valence-corrected chi connectivity index (χ3v) is 12.3. The fraction of sp³-hybridized carbons (Fsp3) is 0.564. The van der Waals surface area contributed by atoms with Crippen LogP contribution in [0.25, 0.3) is 0 Å². The standard InChI is InChI=1S/C55H82N2/c1-3-5-7-24-28-50-44-54(56)40-38-52(50)42-48-34-30-46(31-35-48)26-22-20-18-16-14-12-10-9-11-13-15-17-19-21-23-27-47-32-36-49(37-33-47)43-53-39-41-55(57)45-51(53)29-25-8-6-4-2/h30-41,44-45H,3-29,42-43,56-57H2,1-2H3. The summed E-state index contributed by atoms with van der Waals surface area (Å²) in [7, 11) is 0. The molecule has 0 spiro atoms. The fourth-order valence-corrected chi connectivity index (χ4v) is 8.63. The van der Waals surface area contributed by atoms with Gasteiger partial charge in [-0.2, -0.15) is 0 Å². The third kappa shape index (κ3) is 19.7. The van der Waals surface area contributed by atoms with Crippen LogP contribution in [0.4, 0.5) is 11.4 Å². The van der Waals surface area contributed by atoms with Crippen LogP contribution in [0, 0.1) is 0 Å². The van der Waals surface area contributed by atoms with E-state index in [1.807, 2.05) is 0 Å². The Bertz CT molecular complexity index is 1480. The average molecular weight is 771 g/mol. The van der Waals surface area contributed by atoms with Crippen LogP contribution in [0.2, 0.25) is 0 Å². The lowest BCUT2D eigenvalue weighted by atomic mass is 9.94. The SMILES string of the molecule is CCCCCCc1cc(N)ccc1Cc1ccc(CCCCCCCCCCCCCCCCCc2ccc(Cc3ccc(N)cc3CCCCCC)cc2)cc1. The monoisotopic (exact) mass is 771 g/mol. The summed E-state index contributed by atoms with van der Waals surface area (Å²) in [5.41, 5.74) is 25.6. The Hall–Kier alpha value is -3.52. The molecule has 0 saturated heterocycles. The summed E-state index contributed by atoms with van der Waals surface area (Å²) >= 11 is 0.